The SMILES string of the molecule is [CH3-].[Ir+3].[NH-]Nc1[c-]cccc1. The van der Waals surface area contributed by atoms with Crippen molar-refractivity contribution in [2.45, 2.75) is 0 Å². The molecule has 1 aromatic carbocycles. The molecule has 0 saturated carbocycles. The number of rotatable bonds is 1. The maximum atomic E-state index is 6.66. The molecule has 0 aliphatic heterocycles. The minimum Gasteiger partial charge on any atom is -0.588 e. The van der Waals surface area contributed by atoms with E-state index in [1.54, 1.807) is 12.1 Å². The van der Waals surface area contributed by atoms with Crippen LogP contribution < -0.4 is 5.43 Å². The second kappa shape index (κ2) is 6.75. The molecular formula is C7H9IrN2. The third kappa shape index (κ3) is 3.62. The summed E-state index contributed by atoms with van der Waals surface area (Å²) >= 11 is 0. The van der Waals surface area contributed by atoms with Crippen molar-refractivity contribution in [1.82, 2.24) is 0 Å². The van der Waals surface area contributed by atoms with E-state index in [4.69, 9.17) is 5.84 Å². The van der Waals surface area contributed by atoms with Gasteiger partial charge in [0, 0.05) is 0 Å². The van der Waals surface area contributed by atoms with Crippen LogP contribution in [0.1, 0.15) is 0 Å². The minimum atomic E-state index is 0. The summed E-state index contributed by atoms with van der Waals surface area (Å²) in [5.74, 6) is 6.66. The fourth-order valence-electron chi connectivity index (χ4n) is 0.471. The molecular weight excluding hydrogens is 304 g/mol. The predicted octanol–water partition coefficient (Wildman–Crippen LogP) is 2.31. The summed E-state index contributed by atoms with van der Waals surface area (Å²) in [7, 11) is 0. The van der Waals surface area contributed by atoms with Gasteiger partial charge in [-0.15, -0.1) is 11.8 Å². The van der Waals surface area contributed by atoms with Gasteiger partial charge in [0.2, 0.25) is 0 Å². The van der Waals surface area contributed by atoms with E-state index in [1.807, 2.05) is 12.1 Å². The molecule has 0 bridgehead atoms. The van der Waals surface area contributed by atoms with Crippen molar-refractivity contribution < 1.29 is 20.1 Å². The second-order valence-corrected chi connectivity index (χ2v) is 1.40. The first-order chi connectivity index (χ1) is 3.93. The first kappa shape index (κ1) is 12.3. The molecule has 0 radical (unpaired) electrons. The molecule has 2 nitrogen and oxygen atoms in total. The van der Waals surface area contributed by atoms with Crippen molar-refractivity contribution in [3.63, 3.8) is 0 Å². The Kier molecular flexibility index (Phi) is 8.31. The Morgan fingerprint density at radius 3 is 2.40 bits per heavy atom. The van der Waals surface area contributed by atoms with Gasteiger partial charge in [-0.3, -0.25) is 0 Å². The molecule has 0 fully saturated rings. The molecule has 0 atom stereocenters. The van der Waals surface area contributed by atoms with Gasteiger partial charge < -0.3 is 18.7 Å². The molecule has 0 unspecified atom stereocenters. The Morgan fingerprint density at radius 2 is 2.10 bits per heavy atom. The molecule has 10 heavy (non-hydrogen) atoms. The maximum absolute atomic E-state index is 6.66. The van der Waals surface area contributed by atoms with Crippen LogP contribution in [0.3, 0.4) is 0 Å². The Balaban J connectivity index is 0. The first-order valence-corrected chi connectivity index (χ1v) is 2.33. The predicted molar refractivity (Wildman–Crippen MR) is 39.6 cm³/mol. The Labute approximate surface area is 75.1 Å². The van der Waals surface area contributed by atoms with E-state index in [9.17, 15) is 0 Å². The van der Waals surface area contributed by atoms with Gasteiger partial charge in [0.05, 0.1) is 0 Å². The third-order valence-electron chi connectivity index (χ3n) is 0.844. The molecule has 0 aromatic heterocycles. The van der Waals surface area contributed by atoms with Gasteiger partial charge >= 0.3 is 20.1 Å². The van der Waals surface area contributed by atoms with E-state index in [2.05, 4.69) is 11.5 Å². The van der Waals surface area contributed by atoms with Crippen LogP contribution >= 0.6 is 0 Å². The third-order valence-corrected chi connectivity index (χ3v) is 0.844. The molecule has 1 rings (SSSR count). The number of para-hydroxylation sites is 1. The second-order valence-electron chi connectivity index (χ2n) is 1.40. The number of hydrogen-bond donors (Lipinski definition) is 1. The van der Waals surface area contributed by atoms with Crippen molar-refractivity contribution in [3.8, 4) is 0 Å². The zero-order chi connectivity index (χ0) is 5.82. The zero-order valence-electron chi connectivity index (χ0n) is 5.64. The summed E-state index contributed by atoms with van der Waals surface area (Å²) in [6.07, 6.45) is 0. The number of hydrogen-bond acceptors (Lipinski definition) is 1. The topological polar surface area (TPSA) is 35.8 Å². The van der Waals surface area contributed by atoms with Crippen LogP contribution in [-0.4, -0.2) is 0 Å². The summed E-state index contributed by atoms with van der Waals surface area (Å²) in [6.45, 7) is 0. The van der Waals surface area contributed by atoms with Gasteiger partial charge in [0.15, 0.2) is 0 Å². The van der Waals surface area contributed by atoms with Crippen molar-refractivity contribution in [2.24, 2.45) is 0 Å². The summed E-state index contributed by atoms with van der Waals surface area (Å²) in [4.78, 5) is 0. The standard InChI is InChI=1S/C6H6N2.CH3.Ir/c7-8-6-4-2-1-3-5-6;;/h1-4,7-8H;1H3;/q-2;-1;+3. The van der Waals surface area contributed by atoms with Crippen LogP contribution in [0.4, 0.5) is 5.69 Å². The minimum absolute atomic E-state index is 0. The Hall–Kier alpha value is -0.371. The van der Waals surface area contributed by atoms with E-state index >= 15 is 0 Å². The van der Waals surface area contributed by atoms with Gasteiger partial charge in [-0.05, 0) is 0 Å². The molecule has 0 aliphatic carbocycles. The summed E-state index contributed by atoms with van der Waals surface area (Å²) in [5, 5.41) is 0. The van der Waals surface area contributed by atoms with E-state index in [1.165, 1.54) is 0 Å². The molecule has 3 heteroatoms. The van der Waals surface area contributed by atoms with Crippen LogP contribution in [-0.2, 0) is 20.1 Å². The number of anilines is 1. The van der Waals surface area contributed by atoms with Crippen molar-refractivity contribution in [3.05, 3.63) is 43.6 Å². The molecule has 0 spiro atoms. The first-order valence-electron chi connectivity index (χ1n) is 2.33. The van der Waals surface area contributed by atoms with Gasteiger partial charge in [0.1, 0.15) is 0 Å². The average molecular weight is 313 g/mol. The van der Waals surface area contributed by atoms with E-state index in [0.29, 0.717) is 5.69 Å². The molecule has 0 aliphatic rings. The Bertz CT molecular complexity index is 153. The molecule has 1 aromatic rings. The van der Waals surface area contributed by atoms with Crippen LogP contribution in [0, 0.1) is 13.5 Å². The summed E-state index contributed by atoms with van der Waals surface area (Å²) in [6, 6.07) is 10.1. The largest absolute Gasteiger partial charge is 3.00 e. The van der Waals surface area contributed by atoms with Gasteiger partial charge in [-0.25, -0.2) is 0 Å². The monoisotopic (exact) mass is 314 g/mol. The maximum Gasteiger partial charge on any atom is 3.00 e. The molecule has 0 heterocycles. The van der Waals surface area contributed by atoms with Crippen molar-refractivity contribution >= 4 is 5.69 Å². The quantitative estimate of drug-likeness (QED) is 0.627. The number of benzene rings is 1. The van der Waals surface area contributed by atoms with Crippen LogP contribution in [0.5, 0.6) is 0 Å². The van der Waals surface area contributed by atoms with Crippen LogP contribution in [0.2, 0.25) is 0 Å². The zero-order valence-corrected chi connectivity index (χ0v) is 8.04. The van der Waals surface area contributed by atoms with Crippen LogP contribution in [0.15, 0.2) is 24.3 Å². The molecule has 2 N–H and O–H groups in total. The van der Waals surface area contributed by atoms with Gasteiger partial charge in [-0.1, -0.05) is 0 Å². The van der Waals surface area contributed by atoms with E-state index < -0.39 is 0 Å². The van der Waals surface area contributed by atoms with E-state index in [-0.39, 0.29) is 27.5 Å². The molecule has 56 valence electrons. The van der Waals surface area contributed by atoms with Gasteiger partial charge in [-0.2, -0.15) is 24.3 Å². The fraction of sp³-hybridized carbons (Fsp3) is 0. The van der Waals surface area contributed by atoms with Crippen molar-refractivity contribution in [1.29, 1.82) is 0 Å². The Morgan fingerprint density at radius 1 is 1.40 bits per heavy atom. The van der Waals surface area contributed by atoms with E-state index in [0.717, 1.165) is 0 Å². The van der Waals surface area contributed by atoms with Crippen LogP contribution in [0.25, 0.3) is 5.84 Å². The number of nitrogens with one attached hydrogen (secondary N) is 2. The summed E-state index contributed by atoms with van der Waals surface area (Å²) in [5.41, 5.74) is 2.92. The smallest absolute Gasteiger partial charge is 0.588 e. The summed E-state index contributed by atoms with van der Waals surface area (Å²) < 4.78 is 0. The molecule has 0 amide bonds. The van der Waals surface area contributed by atoms with Crippen molar-refractivity contribution in [2.75, 3.05) is 5.43 Å². The fourth-order valence-corrected chi connectivity index (χ4v) is 0.471. The molecule has 0 saturated heterocycles. The normalized spacial score (nSPS) is 6.90. The van der Waals surface area contributed by atoms with Gasteiger partial charge in [0.25, 0.3) is 0 Å². The average Bonchev–Trinajstić information content (AvgIpc) is 1.90.